The summed E-state index contributed by atoms with van der Waals surface area (Å²) < 4.78 is 0. The molecule has 0 radical (unpaired) electrons. The van der Waals surface area contributed by atoms with Crippen molar-refractivity contribution >= 4 is 42.1 Å². The number of hydrogen-bond acceptors (Lipinski definition) is 4. The van der Waals surface area contributed by atoms with Crippen LogP contribution in [-0.4, -0.2) is 41.0 Å². The number of hydrogen-bond donors (Lipinski definition) is 1. The Morgan fingerprint density at radius 2 is 2.00 bits per heavy atom. The first kappa shape index (κ1) is 20.2. The lowest BCUT2D eigenvalue weighted by molar-refractivity contribution is 0.0747. The highest BCUT2D eigenvalue weighted by molar-refractivity contribution is 7.08. The minimum absolute atomic E-state index is 0. The molecule has 1 N–H and O–H groups in total. The van der Waals surface area contributed by atoms with Crippen LogP contribution in [-0.2, 0) is 0 Å². The van der Waals surface area contributed by atoms with E-state index in [1.54, 1.807) is 11.3 Å². The van der Waals surface area contributed by atoms with Crippen molar-refractivity contribution in [2.24, 2.45) is 0 Å². The molecule has 0 aromatic carbocycles. The number of aromatic nitrogens is 1. The molecule has 2 aliphatic rings. The molecule has 0 saturated carbocycles. The van der Waals surface area contributed by atoms with E-state index in [4.69, 9.17) is 0 Å². The van der Waals surface area contributed by atoms with Gasteiger partial charge in [0.25, 0.3) is 5.91 Å². The van der Waals surface area contributed by atoms with E-state index in [9.17, 15) is 4.79 Å². The van der Waals surface area contributed by atoms with Crippen LogP contribution in [0.25, 0.3) is 11.3 Å². The van der Waals surface area contributed by atoms with E-state index in [1.807, 2.05) is 29.3 Å². The number of amides is 1. The van der Waals surface area contributed by atoms with Gasteiger partial charge < -0.3 is 10.2 Å². The van der Waals surface area contributed by atoms with Gasteiger partial charge in [0.1, 0.15) is 0 Å². The number of fused-ring (bicyclic) bond motifs is 2. The molecule has 2 fully saturated rings. The number of likely N-dealkylation sites (tertiary alicyclic amines) is 1. The zero-order valence-corrected chi connectivity index (χ0v) is 16.6. The molecule has 4 nitrogen and oxygen atoms in total. The van der Waals surface area contributed by atoms with Gasteiger partial charge in [0.05, 0.1) is 17.0 Å². The van der Waals surface area contributed by atoms with Crippen LogP contribution in [0.5, 0.6) is 0 Å². The summed E-state index contributed by atoms with van der Waals surface area (Å²) in [7, 11) is 0. The number of halogens is 2. The molecule has 2 atom stereocenters. The van der Waals surface area contributed by atoms with Gasteiger partial charge in [-0.05, 0) is 49.8 Å². The second-order valence-electron chi connectivity index (χ2n) is 6.52. The van der Waals surface area contributed by atoms with E-state index in [0.29, 0.717) is 12.1 Å². The Kier molecular flexibility index (Phi) is 6.86. The molecule has 2 aliphatic heterocycles. The SMILES string of the molecule is Cc1nc(-c2ccsc2)ccc1C(=O)N1CCC2CCC(C1)N2.Cl.Cl. The summed E-state index contributed by atoms with van der Waals surface area (Å²) in [5.41, 5.74) is 3.62. The maximum Gasteiger partial charge on any atom is 0.255 e. The summed E-state index contributed by atoms with van der Waals surface area (Å²) in [6.45, 7) is 3.60. The number of nitrogens with zero attached hydrogens (tertiary/aromatic N) is 2. The second-order valence-corrected chi connectivity index (χ2v) is 7.30. The largest absolute Gasteiger partial charge is 0.337 e. The lowest BCUT2D eigenvalue weighted by Gasteiger charge is -2.25. The lowest BCUT2D eigenvalue weighted by Crippen LogP contribution is -2.39. The molecule has 4 rings (SSSR count). The summed E-state index contributed by atoms with van der Waals surface area (Å²) in [5.74, 6) is 0.126. The fourth-order valence-corrected chi connectivity index (χ4v) is 4.31. The van der Waals surface area contributed by atoms with E-state index in [1.165, 1.54) is 12.8 Å². The van der Waals surface area contributed by atoms with Crippen LogP contribution in [0.1, 0.15) is 35.3 Å². The quantitative estimate of drug-likeness (QED) is 0.831. The van der Waals surface area contributed by atoms with Crippen LogP contribution in [0.15, 0.2) is 29.0 Å². The molecule has 25 heavy (non-hydrogen) atoms. The van der Waals surface area contributed by atoms with Crippen molar-refractivity contribution in [1.29, 1.82) is 0 Å². The predicted molar refractivity (Wildman–Crippen MR) is 107 cm³/mol. The number of aryl methyl sites for hydroxylation is 1. The molecule has 136 valence electrons. The Morgan fingerprint density at radius 1 is 1.20 bits per heavy atom. The van der Waals surface area contributed by atoms with Crippen LogP contribution < -0.4 is 5.32 Å². The number of thiophene rings is 1. The third-order valence-electron chi connectivity index (χ3n) is 4.94. The fraction of sp³-hybridized carbons (Fsp3) is 0.444. The van der Waals surface area contributed by atoms with Gasteiger partial charge in [-0.25, -0.2) is 0 Å². The van der Waals surface area contributed by atoms with Gasteiger partial charge in [-0.3, -0.25) is 9.78 Å². The molecule has 4 heterocycles. The number of carbonyl (C=O) groups excluding carboxylic acids is 1. The molecule has 2 bridgehead atoms. The third-order valence-corrected chi connectivity index (χ3v) is 5.63. The molecule has 2 aromatic rings. The zero-order chi connectivity index (χ0) is 15.8. The molecular formula is C18H23Cl2N3OS. The van der Waals surface area contributed by atoms with Crippen molar-refractivity contribution in [3.8, 4) is 11.3 Å². The highest BCUT2D eigenvalue weighted by Crippen LogP contribution is 2.24. The maximum atomic E-state index is 12.9. The van der Waals surface area contributed by atoms with E-state index >= 15 is 0 Å². The Balaban J connectivity index is 0.00000113. The van der Waals surface area contributed by atoms with Crippen LogP contribution in [0, 0.1) is 6.92 Å². The van der Waals surface area contributed by atoms with Crippen LogP contribution in [0.2, 0.25) is 0 Å². The first-order chi connectivity index (χ1) is 11.2. The van der Waals surface area contributed by atoms with E-state index in [-0.39, 0.29) is 30.7 Å². The summed E-state index contributed by atoms with van der Waals surface area (Å²) >= 11 is 1.66. The fourth-order valence-electron chi connectivity index (χ4n) is 3.66. The van der Waals surface area contributed by atoms with Crippen molar-refractivity contribution in [1.82, 2.24) is 15.2 Å². The number of rotatable bonds is 2. The molecule has 2 unspecified atom stereocenters. The number of pyridine rings is 1. The average molecular weight is 400 g/mol. The van der Waals surface area contributed by atoms with E-state index < -0.39 is 0 Å². The highest BCUT2D eigenvalue weighted by Gasteiger charge is 2.31. The van der Waals surface area contributed by atoms with Gasteiger partial charge in [-0.1, -0.05) is 0 Å². The summed E-state index contributed by atoms with van der Waals surface area (Å²) in [5, 5.41) is 7.75. The van der Waals surface area contributed by atoms with Gasteiger partial charge in [-0.15, -0.1) is 24.8 Å². The third kappa shape index (κ3) is 4.17. The normalized spacial score (nSPS) is 21.9. The average Bonchev–Trinajstić information content (AvgIpc) is 3.16. The number of carbonyl (C=O) groups is 1. The Hall–Kier alpha value is -1.14. The van der Waals surface area contributed by atoms with Gasteiger partial charge >= 0.3 is 0 Å². The van der Waals surface area contributed by atoms with Gasteiger partial charge in [0, 0.05) is 36.1 Å². The first-order valence-electron chi connectivity index (χ1n) is 8.26. The van der Waals surface area contributed by atoms with Gasteiger partial charge in [0.15, 0.2) is 0 Å². The Morgan fingerprint density at radius 3 is 2.72 bits per heavy atom. The monoisotopic (exact) mass is 399 g/mol. The lowest BCUT2D eigenvalue weighted by atomic mass is 10.1. The van der Waals surface area contributed by atoms with Crippen molar-refractivity contribution in [3.05, 3.63) is 40.2 Å². The molecule has 0 aliphatic carbocycles. The summed E-state index contributed by atoms with van der Waals surface area (Å²) in [6.07, 6.45) is 3.49. The van der Waals surface area contributed by atoms with Crippen LogP contribution in [0.3, 0.4) is 0 Å². The molecule has 2 aromatic heterocycles. The van der Waals surface area contributed by atoms with Crippen molar-refractivity contribution < 1.29 is 4.79 Å². The van der Waals surface area contributed by atoms with Crippen molar-refractivity contribution in [2.75, 3.05) is 13.1 Å². The Bertz CT molecular complexity index is 723. The van der Waals surface area contributed by atoms with Crippen LogP contribution in [0.4, 0.5) is 0 Å². The predicted octanol–water partition coefficient (Wildman–Crippen LogP) is 3.93. The maximum absolute atomic E-state index is 12.9. The minimum Gasteiger partial charge on any atom is -0.337 e. The van der Waals surface area contributed by atoms with Crippen LogP contribution >= 0.6 is 36.2 Å². The first-order valence-corrected chi connectivity index (χ1v) is 9.20. The highest BCUT2D eigenvalue weighted by atomic mass is 35.5. The number of nitrogens with one attached hydrogen (secondary N) is 1. The van der Waals surface area contributed by atoms with Crippen molar-refractivity contribution in [2.45, 2.75) is 38.3 Å². The second kappa shape index (κ2) is 8.49. The topological polar surface area (TPSA) is 45.2 Å². The van der Waals surface area contributed by atoms with Gasteiger partial charge in [-0.2, -0.15) is 11.3 Å². The summed E-state index contributed by atoms with van der Waals surface area (Å²) in [6, 6.07) is 7.02. The Labute approximate surface area is 164 Å². The minimum atomic E-state index is 0. The smallest absolute Gasteiger partial charge is 0.255 e. The molecule has 1 amide bonds. The molecular weight excluding hydrogens is 377 g/mol. The van der Waals surface area contributed by atoms with E-state index in [0.717, 1.165) is 42.0 Å². The standard InChI is InChI=1S/C18H21N3OS.2ClH/c1-12-16(4-5-17(19-12)13-7-9-23-11-13)18(22)21-8-6-14-2-3-15(10-21)20-14;;/h4-5,7,9,11,14-15,20H,2-3,6,8,10H2,1H3;2*1H. The molecule has 2 saturated heterocycles. The van der Waals surface area contributed by atoms with Gasteiger partial charge in [0.2, 0.25) is 0 Å². The molecule has 0 spiro atoms. The summed E-state index contributed by atoms with van der Waals surface area (Å²) in [4.78, 5) is 19.6. The van der Waals surface area contributed by atoms with Crippen molar-refractivity contribution in [3.63, 3.8) is 0 Å². The van der Waals surface area contributed by atoms with E-state index in [2.05, 4.69) is 21.7 Å². The molecule has 7 heteroatoms. The zero-order valence-electron chi connectivity index (χ0n) is 14.1.